The van der Waals surface area contributed by atoms with Crippen molar-refractivity contribution in [3.63, 3.8) is 0 Å². The average molecular weight is 218 g/mol. The van der Waals surface area contributed by atoms with Gasteiger partial charge in [-0.25, -0.2) is 0 Å². The number of rotatable bonds is 5. The summed E-state index contributed by atoms with van der Waals surface area (Å²) >= 11 is 0. The molecule has 16 heavy (non-hydrogen) atoms. The van der Waals surface area contributed by atoms with Crippen molar-refractivity contribution in [2.75, 3.05) is 19.0 Å². The number of nitrogens with one attached hydrogen (secondary N) is 1. The van der Waals surface area contributed by atoms with Crippen LogP contribution < -0.4 is 10.2 Å². The van der Waals surface area contributed by atoms with E-state index < -0.39 is 0 Å². The predicted molar refractivity (Wildman–Crippen MR) is 72.0 cm³/mol. The maximum absolute atomic E-state index is 3.79. The van der Waals surface area contributed by atoms with Crippen molar-refractivity contribution >= 4 is 5.69 Å². The second-order valence-corrected chi connectivity index (χ2v) is 4.37. The van der Waals surface area contributed by atoms with Crippen LogP contribution in [0.1, 0.15) is 25.5 Å². The first-order valence-electron chi connectivity index (χ1n) is 5.71. The van der Waals surface area contributed by atoms with Gasteiger partial charge in [-0.05, 0) is 25.5 Å². The van der Waals surface area contributed by atoms with E-state index in [0.717, 1.165) is 0 Å². The number of para-hydroxylation sites is 1. The van der Waals surface area contributed by atoms with Gasteiger partial charge in [-0.2, -0.15) is 0 Å². The van der Waals surface area contributed by atoms with E-state index >= 15 is 0 Å². The molecule has 0 aliphatic rings. The highest BCUT2D eigenvalue weighted by molar-refractivity contribution is 5.53. The summed E-state index contributed by atoms with van der Waals surface area (Å²) in [5.41, 5.74) is 2.58. The fourth-order valence-corrected chi connectivity index (χ4v) is 1.81. The maximum Gasteiger partial charge on any atom is 0.0409 e. The van der Waals surface area contributed by atoms with Crippen LogP contribution in [-0.2, 0) is 0 Å². The number of anilines is 1. The fourth-order valence-electron chi connectivity index (χ4n) is 1.81. The largest absolute Gasteiger partial charge is 0.377 e. The first-order valence-corrected chi connectivity index (χ1v) is 5.71. The van der Waals surface area contributed by atoms with Gasteiger partial charge in [0.15, 0.2) is 0 Å². The highest BCUT2D eigenvalue weighted by Gasteiger charge is 2.12. The lowest BCUT2D eigenvalue weighted by Gasteiger charge is -2.24. The Labute approximate surface area is 99.0 Å². The van der Waals surface area contributed by atoms with Gasteiger partial charge in [-0.3, -0.25) is 0 Å². The minimum atomic E-state index is 0.324. The van der Waals surface area contributed by atoms with Crippen LogP contribution >= 0.6 is 0 Å². The Balaban J connectivity index is 2.89. The topological polar surface area (TPSA) is 15.3 Å². The molecule has 2 heteroatoms. The summed E-state index contributed by atoms with van der Waals surface area (Å²) in [7, 11) is 4.14. The maximum atomic E-state index is 3.79. The highest BCUT2D eigenvalue weighted by atomic mass is 15.1. The van der Waals surface area contributed by atoms with Crippen LogP contribution in [0.4, 0.5) is 5.69 Å². The van der Waals surface area contributed by atoms with E-state index in [4.69, 9.17) is 0 Å². The number of hydrogen-bond donors (Lipinski definition) is 1. The van der Waals surface area contributed by atoms with Crippen LogP contribution in [0.3, 0.4) is 0 Å². The Kier molecular flexibility index (Phi) is 4.56. The molecule has 1 N–H and O–H groups in total. The smallest absolute Gasteiger partial charge is 0.0409 e. The van der Waals surface area contributed by atoms with Crippen LogP contribution in [0.2, 0.25) is 0 Å². The summed E-state index contributed by atoms with van der Waals surface area (Å²) in [5, 5.41) is 3.50. The molecule has 2 unspecified atom stereocenters. The minimum Gasteiger partial charge on any atom is -0.377 e. The van der Waals surface area contributed by atoms with Gasteiger partial charge < -0.3 is 10.2 Å². The highest BCUT2D eigenvalue weighted by Crippen LogP contribution is 2.24. The molecule has 0 heterocycles. The normalized spacial score (nSPS) is 14.2. The summed E-state index contributed by atoms with van der Waals surface area (Å²) in [6, 6.07) is 9.12. The first kappa shape index (κ1) is 12.8. The van der Waals surface area contributed by atoms with E-state index in [-0.39, 0.29) is 0 Å². The van der Waals surface area contributed by atoms with Gasteiger partial charge >= 0.3 is 0 Å². The van der Waals surface area contributed by atoms with Crippen molar-refractivity contribution in [2.24, 2.45) is 0 Å². The molecule has 0 saturated heterocycles. The zero-order valence-corrected chi connectivity index (χ0v) is 10.7. The molecule has 1 aromatic rings. The van der Waals surface area contributed by atoms with Crippen molar-refractivity contribution in [1.82, 2.24) is 5.32 Å². The standard InChI is InChI=1S/C14H22N2/c1-6-11(2)15-12(3)13-9-7-8-10-14(13)16(4)5/h6-12,15H,1H2,2-5H3. The van der Waals surface area contributed by atoms with Gasteiger partial charge in [0.25, 0.3) is 0 Å². The Hall–Kier alpha value is -1.28. The van der Waals surface area contributed by atoms with Crippen molar-refractivity contribution in [3.8, 4) is 0 Å². The van der Waals surface area contributed by atoms with E-state index in [1.165, 1.54) is 11.3 Å². The summed E-state index contributed by atoms with van der Waals surface area (Å²) in [4.78, 5) is 2.14. The Bertz CT molecular complexity index is 344. The Morgan fingerprint density at radius 1 is 1.25 bits per heavy atom. The number of nitrogens with zero attached hydrogens (tertiary/aromatic N) is 1. The van der Waals surface area contributed by atoms with Gasteiger partial charge in [0.1, 0.15) is 0 Å². The van der Waals surface area contributed by atoms with Gasteiger partial charge in [-0.1, -0.05) is 24.3 Å². The molecular formula is C14H22N2. The van der Waals surface area contributed by atoms with Crippen molar-refractivity contribution in [3.05, 3.63) is 42.5 Å². The molecule has 1 aromatic carbocycles. The van der Waals surface area contributed by atoms with E-state index in [0.29, 0.717) is 12.1 Å². The molecule has 0 aliphatic carbocycles. The molecular weight excluding hydrogens is 196 g/mol. The summed E-state index contributed by atoms with van der Waals surface area (Å²) in [6.07, 6.45) is 1.93. The molecule has 0 saturated carbocycles. The Morgan fingerprint density at radius 3 is 2.44 bits per heavy atom. The quantitative estimate of drug-likeness (QED) is 0.764. The van der Waals surface area contributed by atoms with Crippen molar-refractivity contribution in [2.45, 2.75) is 25.9 Å². The first-order chi connectivity index (χ1) is 7.56. The monoisotopic (exact) mass is 218 g/mol. The lowest BCUT2D eigenvalue weighted by Crippen LogP contribution is -2.28. The van der Waals surface area contributed by atoms with Gasteiger partial charge in [0.2, 0.25) is 0 Å². The predicted octanol–water partition coefficient (Wildman–Crippen LogP) is 2.98. The van der Waals surface area contributed by atoms with E-state index in [9.17, 15) is 0 Å². The lowest BCUT2D eigenvalue weighted by atomic mass is 10.0. The minimum absolute atomic E-state index is 0.324. The SMILES string of the molecule is C=CC(C)NC(C)c1ccccc1N(C)C. The molecule has 0 bridgehead atoms. The van der Waals surface area contributed by atoms with Crippen LogP contribution in [0.15, 0.2) is 36.9 Å². The number of hydrogen-bond acceptors (Lipinski definition) is 2. The summed E-state index contributed by atoms with van der Waals surface area (Å²) in [6.45, 7) is 8.09. The third-order valence-electron chi connectivity index (χ3n) is 2.75. The summed E-state index contributed by atoms with van der Waals surface area (Å²) in [5.74, 6) is 0. The molecule has 0 spiro atoms. The second-order valence-electron chi connectivity index (χ2n) is 4.37. The van der Waals surface area contributed by atoms with E-state index in [2.05, 4.69) is 69.0 Å². The van der Waals surface area contributed by atoms with Gasteiger partial charge in [-0.15, -0.1) is 6.58 Å². The number of benzene rings is 1. The van der Waals surface area contributed by atoms with Crippen LogP contribution in [0.25, 0.3) is 0 Å². The molecule has 0 fully saturated rings. The van der Waals surface area contributed by atoms with E-state index in [1.807, 2.05) is 6.08 Å². The van der Waals surface area contributed by atoms with Crippen molar-refractivity contribution < 1.29 is 0 Å². The van der Waals surface area contributed by atoms with Gasteiger partial charge in [0, 0.05) is 31.9 Å². The molecule has 0 aromatic heterocycles. The van der Waals surface area contributed by atoms with Crippen LogP contribution in [0.5, 0.6) is 0 Å². The fraction of sp³-hybridized carbons (Fsp3) is 0.429. The molecule has 2 nitrogen and oxygen atoms in total. The third-order valence-corrected chi connectivity index (χ3v) is 2.75. The van der Waals surface area contributed by atoms with Crippen LogP contribution in [0, 0.1) is 0 Å². The molecule has 88 valence electrons. The molecule has 0 amide bonds. The molecule has 0 radical (unpaired) electrons. The third kappa shape index (κ3) is 3.11. The zero-order chi connectivity index (χ0) is 12.1. The Morgan fingerprint density at radius 2 is 1.88 bits per heavy atom. The molecule has 2 atom stereocenters. The zero-order valence-electron chi connectivity index (χ0n) is 10.7. The molecule has 0 aliphatic heterocycles. The lowest BCUT2D eigenvalue weighted by molar-refractivity contribution is 0.537. The van der Waals surface area contributed by atoms with Crippen LogP contribution in [-0.4, -0.2) is 20.1 Å². The van der Waals surface area contributed by atoms with Crippen molar-refractivity contribution in [1.29, 1.82) is 0 Å². The summed E-state index contributed by atoms with van der Waals surface area (Å²) < 4.78 is 0. The van der Waals surface area contributed by atoms with Gasteiger partial charge in [0.05, 0.1) is 0 Å². The molecule has 1 rings (SSSR count). The second kappa shape index (κ2) is 5.71. The van der Waals surface area contributed by atoms with E-state index in [1.54, 1.807) is 0 Å². The average Bonchev–Trinajstić information content (AvgIpc) is 2.28.